The van der Waals surface area contributed by atoms with Gasteiger partial charge in [-0.1, -0.05) is 411 Å². The van der Waals surface area contributed by atoms with Crippen molar-refractivity contribution >= 4 is 11.9 Å². The minimum atomic E-state index is -0.664. The summed E-state index contributed by atoms with van der Waals surface area (Å²) >= 11 is 0. The second kappa shape index (κ2) is 76.8. The van der Waals surface area contributed by atoms with Gasteiger partial charge >= 0.3 is 5.97 Å². The lowest BCUT2D eigenvalue weighted by Gasteiger charge is -2.22. The Morgan fingerprint density at radius 3 is 0.874 bits per heavy atom. The molecule has 1 amide bonds. The first kappa shape index (κ1) is 85.3. The average Bonchev–Trinajstić information content (AvgIpc) is 3.58. The molecule has 0 aromatic rings. The number of hydrogen-bond donors (Lipinski definition) is 3. The number of esters is 1. The molecule has 0 fully saturated rings. The van der Waals surface area contributed by atoms with Crippen molar-refractivity contribution in [3.8, 4) is 0 Å². The maximum absolute atomic E-state index is 12.6. The van der Waals surface area contributed by atoms with Crippen LogP contribution in [0.25, 0.3) is 0 Å². The summed E-state index contributed by atoms with van der Waals surface area (Å²) in [5, 5.41) is 23.5. The summed E-state index contributed by atoms with van der Waals surface area (Å²) in [4.78, 5) is 24.7. The van der Waals surface area contributed by atoms with Crippen LogP contribution in [-0.4, -0.2) is 47.4 Å². The molecule has 0 heterocycles. The summed E-state index contributed by atoms with van der Waals surface area (Å²) in [6, 6.07) is -0.541. The van der Waals surface area contributed by atoms with Crippen molar-refractivity contribution in [2.75, 3.05) is 13.2 Å². The van der Waals surface area contributed by atoms with Gasteiger partial charge in [-0.15, -0.1) is 0 Å². The molecule has 0 aromatic carbocycles. The Bertz CT molecular complexity index is 1360. The lowest BCUT2D eigenvalue weighted by molar-refractivity contribution is -0.143. The first-order valence-corrected chi connectivity index (χ1v) is 40.1. The van der Waals surface area contributed by atoms with E-state index in [4.69, 9.17) is 4.74 Å². The number of carbonyl (C=O) groups is 2. The number of hydrogen-bond acceptors (Lipinski definition) is 5. The highest BCUT2D eigenvalue weighted by molar-refractivity contribution is 5.76. The number of ether oxygens (including phenoxy) is 1. The van der Waals surface area contributed by atoms with Gasteiger partial charge in [0.1, 0.15) is 0 Å². The second-order valence-corrected chi connectivity index (χ2v) is 27.8. The van der Waals surface area contributed by atoms with Gasteiger partial charge in [0.2, 0.25) is 5.91 Å². The summed E-state index contributed by atoms with van der Waals surface area (Å²) in [5.41, 5.74) is 0. The molecule has 0 aromatic heterocycles. The van der Waals surface area contributed by atoms with Gasteiger partial charge in [0.05, 0.1) is 25.4 Å². The van der Waals surface area contributed by atoms with Gasteiger partial charge in [-0.05, 0) is 57.8 Å². The molecule has 0 aliphatic heterocycles. The highest BCUT2D eigenvalue weighted by atomic mass is 16.5. The third-order valence-corrected chi connectivity index (χ3v) is 19.0. The van der Waals surface area contributed by atoms with Gasteiger partial charge in [-0.3, -0.25) is 9.59 Å². The van der Waals surface area contributed by atoms with Crippen molar-refractivity contribution in [2.45, 2.75) is 469 Å². The van der Waals surface area contributed by atoms with Crippen LogP contribution in [0.4, 0.5) is 0 Å². The van der Waals surface area contributed by atoms with Crippen molar-refractivity contribution in [1.82, 2.24) is 5.32 Å². The van der Waals surface area contributed by atoms with Crippen molar-refractivity contribution < 1.29 is 24.5 Å². The van der Waals surface area contributed by atoms with Gasteiger partial charge in [-0.2, -0.15) is 0 Å². The van der Waals surface area contributed by atoms with E-state index in [2.05, 4.69) is 43.5 Å². The van der Waals surface area contributed by atoms with Crippen molar-refractivity contribution in [2.24, 2.45) is 0 Å². The van der Waals surface area contributed by atoms with Crippen LogP contribution in [0.15, 0.2) is 24.3 Å². The zero-order valence-corrected chi connectivity index (χ0v) is 59.3. The standard InChI is InChI=1S/C81H157NO5/c1-3-5-7-9-11-13-15-17-19-20-21-22-36-39-42-46-49-53-57-61-65-69-73-79(84)78(77-83)82-80(85)74-70-66-62-58-54-50-47-43-40-37-34-32-30-28-26-24-23-25-27-29-31-33-35-38-41-44-48-52-56-60-64-68-72-76-87-81(86)75-71-67-63-59-55-51-45-18-16-14-12-10-8-6-4-2/h27,29,33,35,78-79,83-84H,3-26,28,30-32,34,36-77H2,1-2H3,(H,82,85)/b29-27-,35-33-. The zero-order valence-electron chi connectivity index (χ0n) is 59.3. The fraction of sp³-hybridized carbons (Fsp3) is 0.926. The number of amides is 1. The van der Waals surface area contributed by atoms with Crippen LogP contribution in [0.2, 0.25) is 0 Å². The van der Waals surface area contributed by atoms with Crippen LogP contribution < -0.4 is 5.32 Å². The maximum Gasteiger partial charge on any atom is 0.305 e. The number of unbranched alkanes of at least 4 members (excludes halogenated alkanes) is 61. The molecular formula is C81H157NO5. The molecule has 0 saturated carbocycles. The summed E-state index contributed by atoms with van der Waals surface area (Å²) in [7, 11) is 0. The van der Waals surface area contributed by atoms with E-state index < -0.39 is 12.1 Å². The van der Waals surface area contributed by atoms with Gasteiger partial charge < -0.3 is 20.3 Å². The largest absolute Gasteiger partial charge is 0.466 e. The predicted octanol–water partition coefficient (Wildman–Crippen LogP) is 26.4. The Hall–Kier alpha value is -1.66. The Balaban J connectivity index is 3.37. The first-order valence-electron chi connectivity index (χ1n) is 40.1. The van der Waals surface area contributed by atoms with Gasteiger partial charge in [-0.25, -0.2) is 0 Å². The number of nitrogens with one attached hydrogen (secondary N) is 1. The van der Waals surface area contributed by atoms with Crippen molar-refractivity contribution in [1.29, 1.82) is 0 Å². The molecule has 0 rings (SSSR count). The van der Waals surface area contributed by atoms with E-state index in [-0.39, 0.29) is 18.5 Å². The minimum absolute atomic E-state index is 0.0182. The predicted molar refractivity (Wildman–Crippen MR) is 384 cm³/mol. The molecule has 87 heavy (non-hydrogen) atoms. The van der Waals surface area contributed by atoms with Crippen LogP contribution >= 0.6 is 0 Å². The highest BCUT2D eigenvalue weighted by Crippen LogP contribution is 2.20. The van der Waals surface area contributed by atoms with E-state index in [0.29, 0.717) is 25.9 Å². The number of aliphatic hydroxyl groups excluding tert-OH is 2. The molecule has 2 atom stereocenters. The quantitative estimate of drug-likeness (QED) is 0.0320. The molecule has 0 bridgehead atoms. The normalized spacial score (nSPS) is 12.6. The van der Waals surface area contributed by atoms with Crippen LogP contribution in [0.5, 0.6) is 0 Å². The molecule has 6 nitrogen and oxygen atoms in total. The molecule has 0 saturated heterocycles. The fourth-order valence-electron chi connectivity index (χ4n) is 12.9. The van der Waals surface area contributed by atoms with Crippen LogP contribution in [0.1, 0.15) is 457 Å². The summed E-state index contributed by atoms with van der Waals surface area (Å²) in [5.74, 6) is -0.00941. The van der Waals surface area contributed by atoms with E-state index >= 15 is 0 Å². The van der Waals surface area contributed by atoms with E-state index in [1.807, 2.05) is 0 Å². The Morgan fingerprint density at radius 1 is 0.322 bits per heavy atom. The number of allylic oxidation sites excluding steroid dienone is 4. The number of rotatable bonds is 76. The molecule has 0 aliphatic carbocycles. The fourth-order valence-corrected chi connectivity index (χ4v) is 12.9. The Morgan fingerprint density at radius 2 is 0.575 bits per heavy atom. The third-order valence-electron chi connectivity index (χ3n) is 19.0. The zero-order chi connectivity index (χ0) is 62.8. The molecule has 6 heteroatoms. The third kappa shape index (κ3) is 73.3. The Kier molecular flexibility index (Phi) is 75.3. The van der Waals surface area contributed by atoms with Gasteiger partial charge in [0.15, 0.2) is 0 Å². The Labute approximate surface area is 545 Å². The van der Waals surface area contributed by atoms with Crippen LogP contribution in [-0.2, 0) is 14.3 Å². The van der Waals surface area contributed by atoms with E-state index in [0.717, 1.165) is 44.9 Å². The van der Waals surface area contributed by atoms with Gasteiger partial charge in [0.25, 0.3) is 0 Å². The average molecular weight is 1230 g/mol. The molecule has 3 N–H and O–H groups in total. The highest BCUT2D eigenvalue weighted by Gasteiger charge is 2.20. The lowest BCUT2D eigenvalue weighted by Crippen LogP contribution is -2.45. The molecule has 516 valence electrons. The second-order valence-electron chi connectivity index (χ2n) is 27.8. The molecule has 0 radical (unpaired) electrons. The molecule has 0 aliphatic rings. The van der Waals surface area contributed by atoms with E-state index in [1.54, 1.807) is 0 Å². The topological polar surface area (TPSA) is 95.9 Å². The van der Waals surface area contributed by atoms with Crippen LogP contribution in [0, 0.1) is 0 Å². The van der Waals surface area contributed by atoms with Gasteiger partial charge in [0, 0.05) is 12.8 Å². The lowest BCUT2D eigenvalue weighted by atomic mass is 10.0. The first-order chi connectivity index (χ1) is 43.0. The van der Waals surface area contributed by atoms with E-state index in [1.165, 1.54) is 379 Å². The van der Waals surface area contributed by atoms with Crippen molar-refractivity contribution in [3.63, 3.8) is 0 Å². The minimum Gasteiger partial charge on any atom is -0.466 e. The molecular weight excluding hydrogens is 1070 g/mol. The monoisotopic (exact) mass is 1220 g/mol. The van der Waals surface area contributed by atoms with Crippen LogP contribution in [0.3, 0.4) is 0 Å². The molecule has 2 unspecified atom stereocenters. The summed E-state index contributed by atoms with van der Waals surface area (Å²) in [6.45, 7) is 5.01. The van der Waals surface area contributed by atoms with E-state index in [9.17, 15) is 19.8 Å². The SMILES string of the molecule is CCCCCCCCCCCCCCCCCCCCCCCCC(O)C(CO)NC(=O)CCCCCCCCCCCCCCCCCCC/C=C\C/C=C\CCCCCCCCCCCOC(=O)CCCCCCCCCCCCCCCCC. The molecule has 0 spiro atoms. The summed E-state index contributed by atoms with van der Waals surface area (Å²) in [6.07, 6.45) is 98.4. The van der Waals surface area contributed by atoms with Crippen molar-refractivity contribution in [3.05, 3.63) is 24.3 Å². The smallest absolute Gasteiger partial charge is 0.305 e. The number of carbonyl (C=O) groups excluding carboxylic acids is 2. The maximum atomic E-state index is 12.6. The number of aliphatic hydroxyl groups is 2. The summed E-state index contributed by atoms with van der Waals surface area (Å²) < 4.78 is 5.50.